The number of ether oxygens (including phenoxy) is 2. The Morgan fingerprint density at radius 3 is 2.73 bits per heavy atom. The molecule has 2 heterocycles. The zero-order valence-corrected chi connectivity index (χ0v) is 15.0. The molecule has 1 saturated heterocycles. The number of H-pyrrole nitrogens is 1. The van der Waals surface area contributed by atoms with Gasteiger partial charge < -0.3 is 19.4 Å². The summed E-state index contributed by atoms with van der Waals surface area (Å²) in [5, 5.41) is 1.02. The number of hydrogen-bond donors (Lipinski definition) is 1. The monoisotopic (exact) mass is 350 g/mol. The zero-order valence-electron chi connectivity index (χ0n) is 15.0. The lowest BCUT2D eigenvalue weighted by atomic mass is 10.1. The van der Waals surface area contributed by atoms with E-state index in [9.17, 15) is 4.79 Å². The lowest BCUT2D eigenvalue weighted by Gasteiger charge is -2.17. The van der Waals surface area contributed by atoms with Gasteiger partial charge in [0, 0.05) is 23.9 Å². The largest absolute Gasteiger partial charge is 0.497 e. The van der Waals surface area contributed by atoms with Crippen molar-refractivity contribution in [1.82, 2.24) is 9.88 Å². The van der Waals surface area contributed by atoms with Gasteiger partial charge in [-0.2, -0.15) is 0 Å². The van der Waals surface area contributed by atoms with E-state index in [4.69, 9.17) is 9.47 Å². The second kappa shape index (κ2) is 6.75. The minimum absolute atomic E-state index is 0.0248. The first-order valence-corrected chi connectivity index (χ1v) is 8.83. The molecule has 1 atom stereocenters. The van der Waals surface area contributed by atoms with E-state index < -0.39 is 0 Å². The van der Waals surface area contributed by atoms with Crippen LogP contribution in [-0.2, 0) is 0 Å². The van der Waals surface area contributed by atoms with Gasteiger partial charge in [0.15, 0.2) is 0 Å². The molecule has 2 aromatic carbocycles. The number of para-hydroxylation sites is 1. The van der Waals surface area contributed by atoms with Gasteiger partial charge in [0.1, 0.15) is 23.3 Å². The van der Waals surface area contributed by atoms with E-state index in [0.29, 0.717) is 18.8 Å². The van der Waals surface area contributed by atoms with Crippen LogP contribution in [0, 0.1) is 6.92 Å². The Hall–Kier alpha value is -2.95. The summed E-state index contributed by atoms with van der Waals surface area (Å²) in [6, 6.07) is 15.6. The summed E-state index contributed by atoms with van der Waals surface area (Å²) in [6.07, 6.45) is 0.874. The zero-order chi connectivity index (χ0) is 18.1. The van der Waals surface area contributed by atoms with Crippen LogP contribution < -0.4 is 9.47 Å². The van der Waals surface area contributed by atoms with Crippen molar-refractivity contribution in [2.24, 2.45) is 0 Å². The van der Waals surface area contributed by atoms with Gasteiger partial charge in [0.05, 0.1) is 13.7 Å². The number of likely N-dealkylation sites (tertiary alicyclic amines) is 1. The van der Waals surface area contributed by atoms with Crippen LogP contribution in [0.3, 0.4) is 0 Å². The predicted octanol–water partition coefficient (Wildman–Crippen LogP) is 3.78. The molecular formula is C21H22N2O3. The van der Waals surface area contributed by atoms with Crippen LogP contribution >= 0.6 is 0 Å². The molecule has 0 radical (unpaired) electrons. The molecule has 0 aliphatic carbocycles. The number of rotatable bonds is 4. The number of carbonyl (C=O) groups is 1. The lowest BCUT2D eigenvalue weighted by Crippen LogP contribution is -2.31. The molecule has 1 N–H and O–H groups in total. The number of aryl methyl sites for hydroxylation is 1. The van der Waals surface area contributed by atoms with E-state index in [0.717, 1.165) is 34.4 Å². The number of carbonyl (C=O) groups excluding carboxylic acids is 1. The standard InChI is InChI=1S/C21H22N2O3/c1-14-18-12-16(25-2)8-9-19(18)22-20(14)21(24)23-11-10-17(13-23)26-15-6-4-3-5-7-15/h3-9,12,17,22H,10-11,13H2,1-2H3. The van der Waals surface area contributed by atoms with Gasteiger partial charge >= 0.3 is 0 Å². The van der Waals surface area contributed by atoms with Crippen molar-refractivity contribution in [3.63, 3.8) is 0 Å². The van der Waals surface area contributed by atoms with Gasteiger partial charge in [0.2, 0.25) is 0 Å². The summed E-state index contributed by atoms with van der Waals surface area (Å²) in [6.45, 7) is 3.28. The number of amides is 1. The molecule has 3 aromatic rings. The third kappa shape index (κ3) is 3.01. The Morgan fingerprint density at radius 1 is 1.15 bits per heavy atom. The van der Waals surface area contributed by atoms with Crippen LogP contribution in [0.15, 0.2) is 48.5 Å². The molecule has 1 aliphatic heterocycles. The molecule has 4 rings (SSSR count). The SMILES string of the molecule is COc1ccc2[nH]c(C(=O)N3CCC(Oc4ccccc4)C3)c(C)c2c1. The Labute approximate surface area is 152 Å². The van der Waals surface area contributed by atoms with E-state index in [2.05, 4.69) is 4.98 Å². The quantitative estimate of drug-likeness (QED) is 0.779. The number of nitrogens with one attached hydrogen (secondary N) is 1. The van der Waals surface area contributed by atoms with E-state index >= 15 is 0 Å². The molecule has 1 amide bonds. The molecule has 1 unspecified atom stereocenters. The van der Waals surface area contributed by atoms with Crippen molar-refractivity contribution in [2.75, 3.05) is 20.2 Å². The molecule has 1 aromatic heterocycles. The Balaban J connectivity index is 1.51. The number of fused-ring (bicyclic) bond motifs is 1. The minimum atomic E-state index is 0.0248. The maximum absolute atomic E-state index is 13.0. The fourth-order valence-electron chi connectivity index (χ4n) is 3.51. The summed E-state index contributed by atoms with van der Waals surface area (Å²) in [4.78, 5) is 18.1. The van der Waals surface area contributed by atoms with Gasteiger partial charge in [-0.3, -0.25) is 4.79 Å². The first-order chi connectivity index (χ1) is 12.7. The molecule has 26 heavy (non-hydrogen) atoms. The molecular weight excluding hydrogens is 328 g/mol. The number of nitrogens with zero attached hydrogens (tertiary/aromatic N) is 1. The second-order valence-electron chi connectivity index (χ2n) is 6.63. The third-order valence-electron chi connectivity index (χ3n) is 4.96. The van der Waals surface area contributed by atoms with Gasteiger partial charge in [-0.15, -0.1) is 0 Å². The third-order valence-corrected chi connectivity index (χ3v) is 4.96. The molecule has 0 bridgehead atoms. The van der Waals surface area contributed by atoms with Crippen molar-refractivity contribution in [3.05, 3.63) is 59.8 Å². The highest BCUT2D eigenvalue weighted by Gasteiger charge is 2.30. The number of aromatic nitrogens is 1. The van der Waals surface area contributed by atoms with E-state index in [1.54, 1.807) is 7.11 Å². The maximum Gasteiger partial charge on any atom is 0.270 e. The predicted molar refractivity (Wildman–Crippen MR) is 101 cm³/mol. The van der Waals surface area contributed by atoms with Gasteiger partial charge in [-0.1, -0.05) is 18.2 Å². The normalized spacial score (nSPS) is 16.8. The Kier molecular flexibility index (Phi) is 4.29. The summed E-state index contributed by atoms with van der Waals surface area (Å²) >= 11 is 0. The Morgan fingerprint density at radius 2 is 1.96 bits per heavy atom. The molecule has 0 saturated carbocycles. The molecule has 5 nitrogen and oxygen atoms in total. The van der Waals surface area contributed by atoms with Crippen molar-refractivity contribution in [2.45, 2.75) is 19.4 Å². The highest BCUT2D eigenvalue weighted by molar-refractivity contribution is 6.01. The Bertz CT molecular complexity index is 933. The minimum Gasteiger partial charge on any atom is -0.497 e. The smallest absolute Gasteiger partial charge is 0.270 e. The summed E-state index contributed by atoms with van der Waals surface area (Å²) in [5.41, 5.74) is 2.55. The lowest BCUT2D eigenvalue weighted by molar-refractivity contribution is 0.0767. The molecule has 1 fully saturated rings. The second-order valence-corrected chi connectivity index (χ2v) is 6.63. The summed E-state index contributed by atoms with van der Waals surface area (Å²) < 4.78 is 11.3. The average molecular weight is 350 g/mol. The van der Waals surface area contributed by atoms with Crippen LogP contribution in [0.1, 0.15) is 22.5 Å². The highest BCUT2D eigenvalue weighted by Crippen LogP contribution is 2.28. The first kappa shape index (κ1) is 16.5. The van der Waals surface area contributed by atoms with Crippen LogP contribution in [0.25, 0.3) is 10.9 Å². The summed E-state index contributed by atoms with van der Waals surface area (Å²) in [7, 11) is 1.65. The van der Waals surface area contributed by atoms with Crippen LogP contribution in [0.4, 0.5) is 0 Å². The number of aromatic amines is 1. The van der Waals surface area contributed by atoms with E-state index in [1.165, 1.54) is 0 Å². The van der Waals surface area contributed by atoms with Gasteiger partial charge in [-0.05, 0) is 42.8 Å². The molecule has 1 aliphatic rings. The van der Waals surface area contributed by atoms with Gasteiger partial charge in [0.25, 0.3) is 5.91 Å². The number of benzene rings is 2. The molecule has 0 spiro atoms. The van der Waals surface area contributed by atoms with E-state index in [1.807, 2.05) is 60.4 Å². The summed E-state index contributed by atoms with van der Waals surface area (Å²) in [5.74, 6) is 1.66. The van der Waals surface area contributed by atoms with Crippen molar-refractivity contribution in [1.29, 1.82) is 0 Å². The number of hydrogen-bond acceptors (Lipinski definition) is 3. The van der Waals surface area contributed by atoms with Crippen molar-refractivity contribution < 1.29 is 14.3 Å². The fraction of sp³-hybridized carbons (Fsp3) is 0.286. The molecule has 134 valence electrons. The first-order valence-electron chi connectivity index (χ1n) is 8.83. The molecule has 5 heteroatoms. The van der Waals surface area contributed by atoms with Crippen LogP contribution in [-0.4, -0.2) is 42.1 Å². The van der Waals surface area contributed by atoms with E-state index in [-0.39, 0.29) is 12.0 Å². The number of methoxy groups -OCH3 is 1. The maximum atomic E-state index is 13.0. The topological polar surface area (TPSA) is 54.6 Å². The van der Waals surface area contributed by atoms with Crippen LogP contribution in [0.2, 0.25) is 0 Å². The van der Waals surface area contributed by atoms with Crippen molar-refractivity contribution in [3.8, 4) is 11.5 Å². The fourth-order valence-corrected chi connectivity index (χ4v) is 3.51. The van der Waals surface area contributed by atoms with Crippen molar-refractivity contribution >= 4 is 16.8 Å². The highest BCUT2D eigenvalue weighted by atomic mass is 16.5. The van der Waals surface area contributed by atoms with Crippen LogP contribution in [0.5, 0.6) is 11.5 Å². The average Bonchev–Trinajstić information content (AvgIpc) is 3.26. The van der Waals surface area contributed by atoms with Gasteiger partial charge in [-0.25, -0.2) is 0 Å².